The van der Waals surface area contributed by atoms with Gasteiger partial charge in [-0.2, -0.15) is 4.31 Å². The highest BCUT2D eigenvalue weighted by Gasteiger charge is 2.27. The van der Waals surface area contributed by atoms with E-state index in [1.807, 2.05) is 25.1 Å². The maximum atomic E-state index is 12.6. The second kappa shape index (κ2) is 8.68. The van der Waals surface area contributed by atoms with Gasteiger partial charge in [0.25, 0.3) is 0 Å². The number of hydrogen-bond donors (Lipinski definition) is 2. The first kappa shape index (κ1) is 18.9. The van der Waals surface area contributed by atoms with Gasteiger partial charge in [-0.3, -0.25) is 4.99 Å². The van der Waals surface area contributed by atoms with E-state index in [9.17, 15) is 8.42 Å². The Labute approximate surface area is 155 Å². The highest BCUT2D eigenvalue weighted by molar-refractivity contribution is 7.89. The summed E-state index contributed by atoms with van der Waals surface area (Å²) in [5, 5.41) is 6.46. The molecule has 1 aliphatic carbocycles. The molecule has 8 nitrogen and oxygen atoms in total. The highest BCUT2D eigenvalue weighted by Crippen LogP contribution is 2.18. The quantitative estimate of drug-likeness (QED) is 0.521. The number of nitrogens with zero attached hydrogens (tertiary/aromatic N) is 4. The molecule has 9 heteroatoms. The largest absolute Gasteiger partial charge is 0.357 e. The summed E-state index contributed by atoms with van der Waals surface area (Å²) in [5.41, 5.74) is 0. The topological polar surface area (TPSA) is 89.9 Å². The molecular weight excluding hydrogens is 352 g/mol. The number of nitrogens with one attached hydrogen (secondary N) is 2. The molecule has 1 aliphatic heterocycles. The minimum absolute atomic E-state index is 0.0395. The molecule has 0 bridgehead atoms. The van der Waals surface area contributed by atoms with E-state index in [4.69, 9.17) is 0 Å². The second-order valence-corrected chi connectivity index (χ2v) is 8.66. The third-order valence-electron chi connectivity index (χ3n) is 4.49. The fourth-order valence-corrected chi connectivity index (χ4v) is 4.18. The van der Waals surface area contributed by atoms with Gasteiger partial charge in [0.2, 0.25) is 10.0 Å². The molecule has 1 aromatic heterocycles. The fourth-order valence-electron chi connectivity index (χ4n) is 2.88. The summed E-state index contributed by atoms with van der Waals surface area (Å²) in [6, 6.07) is 6.27. The van der Waals surface area contributed by atoms with E-state index in [1.54, 1.807) is 10.5 Å². The number of hydrogen-bond acceptors (Lipinski definition) is 5. The molecule has 3 rings (SSSR count). The molecule has 1 saturated heterocycles. The van der Waals surface area contributed by atoms with Crippen LogP contribution in [0.1, 0.15) is 19.8 Å². The van der Waals surface area contributed by atoms with Gasteiger partial charge in [-0.15, -0.1) is 0 Å². The van der Waals surface area contributed by atoms with Gasteiger partial charge < -0.3 is 15.5 Å². The average molecular weight is 381 g/mol. The van der Waals surface area contributed by atoms with Crippen molar-refractivity contribution in [3.63, 3.8) is 0 Å². The Morgan fingerprint density at radius 1 is 1.27 bits per heavy atom. The molecule has 2 heterocycles. The van der Waals surface area contributed by atoms with Crippen LogP contribution in [0.15, 0.2) is 29.4 Å². The summed E-state index contributed by atoms with van der Waals surface area (Å²) in [6.07, 6.45) is 4.07. The van der Waals surface area contributed by atoms with Crippen LogP contribution >= 0.6 is 0 Å². The fraction of sp³-hybridized carbons (Fsp3) is 0.647. The predicted molar refractivity (Wildman–Crippen MR) is 104 cm³/mol. The third-order valence-corrected chi connectivity index (χ3v) is 6.34. The first-order valence-corrected chi connectivity index (χ1v) is 10.9. The van der Waals surface area contributed by atoms with Crippen LogP contribution in [0.4, 0.5) is 5.82 Å². The van der Waals surface area contributed by atoms with E-state index in [-0.39, 0.29) is 12.3 Å². The van der Waals surface area contributed by atoms with Gasteiger partial charge in [0.15, 0.2) is 5.96 Å². The Morgan fingerprint density at radius 3 is 2.65 bits per heavy atom. The summed E-state index contributed by atoms with van der Waals surface area (Å²) in [6.45, 7) is 5.33. The Bertz CT molecular complexity index is 697. The highest BCUT2D eigenvalue weighted by atomic mass is 32.2. The monoisotopic (exact) mass is 380 g/mol. The van der Waals surface area contributed by atoms with Crippen molar-refractivity contribution in [2.75, 3.05) is 49.9 Å². The smallest absolute Gasteiger partial charge is 0.216 e. The molecule has 0 spiro atoms. The zero-order valence-electron chi connectivity index (χ0n) is 15.3. The van der Waals surface area contributed by atoms with Crippen molar-refractivity contribution in [2.45, 2.75) is 25.8 Å². The minimum atomic E-state index is -3.29. The zero-order valence-corrected chi connectivity index (χ0v) is 16.1. The lowest BCUT2D eigenvalue weighted by atomic mass is 10.3. The lowest BCUT2D eigenvalue weighted by Gasteiger charge is -2.34. The Morgan fingerprint density at radius 2 is 2.04 bits per heavy atom. The van der Waals surface area contributed by atoms with E-state index < -0.39 is 10.0 Å². The molecule has 0 radical (unpaired) electrons. The van der Waals surface area contributed by atoms with Gasteiger partial charge >= 0.3 is 0 Å². The average Bonchev–Trinajstić information content (AvgIpc) is 3.47. The van der Waals surface area contributed by atoms with Crippen LogP contribution in [0.25, 0.3) is 0 Å². The van der Waals surface area contributed by atoms with Crippen LogP contribution in [-0.2, 0) is 10.0 Å². The number of guanidine groups is 1. The predicted octanol–water partition coefficient (Wildman–Crippen LogP) is 0.251. The van der Waals surface area contributed by atoms with Gasteiger partial charge in [0.1, 0.15) is 5.82 Å². The first-order valence-electron chi connectivity index (χ1n) is 9.27. The molecule has 26 heavy (non-hydrogen) atoms. The molecule has 2 N–H and O–H groups in total. The van der Waals surface area contributed by atoms with Crippen molar-refractivity contribution in [1.29, 1.82) is 0 Å². The van der Waals surface area contributed by atoms with Crippen LogP contribution in [0, 0.1) is 0 Å². The van der Waals surface area contributed by atoms with Crippen molar-refractivity contribution < 1.29 is 8.42 Å². The van der Waals surface area contributed by atoms with Crippen molar-refractivity contribution >= 4 is 21.8 Å². The molecule has 1 aromatic rings. The van der Waals surface area contributed by atoms with Crippen molar-refractivity contribution in [3.05, 3.63) is 24.4 Å². The van der Waals surface area contributed by atoms with Crippen LogP contribution in [0.5, 0.6) is 0 Å². The van der Waals surface area contributed by atoms with Gasteiger partial charge in [-0.25, -0.2) is 13.4 Å². The molecule has 2 aliphatic rings. The number of anilines is 1. The van der Waals surface area contributed by atoms with Crippen LogP contribution < -0.4 is 15.5 Å². The molecule has 1 saturated carbocycles. The number of piperazine rings is 1. The zero-order chi connectivity index (χ0) is 18.4. The molecule has 0 atom stereocenters. The van der Waals surface area contributed by atoms with Gasteiger partial charge in [-0.1, -0.05) is 6.07 Å². The maximum absolute atomic E-state index is 12.6. The van der Waals surface area contributed by atoms with Crippen LogP contribution in [0.3, 0.4) is 0 Å². The van der Waals surface area contributed by atoms with Gasteiger partial charge in [0.05, 0.1) is 12.3 Å². The lowest BCUT2D eigenvalue weighted by molar-refractivity contribution is 0.384. The van der Waals surface area contributed by atoms with E-state index >= 15 is 0 Å². The van der Waals surface area contributed by atoms with E-state index in [2.05, 4.69) is 25.5 Å². The number of aromatic nitrogens is 1. The summed E-state index contributed by atoms with van der Waals surface area (Å²) in [7, 11) is -3.29. The van der Waals surface area contributed by atoms with E-state index in [1.165, 1.54) is 0 Å². The molecule has 0 unspecified atom stereocenters. The summed E-state index contributed by atoms with van der Waals surface area (Å²) in [5.74, 6) is 1.65. The maximum Gasteiger partial charge on any atom is 0.216 e. The lowest BCUT2D eigenvalue weighted by Crippen LogP contribution is -2.49. The van der Waals surface area contributed by atoms with Crippen molar-refractivity contribution in [1.82, 2.24) is 19.9 Å². The third kappa shape index (κ3) is 5.31. The summed E-state index contributed by atoms with van der Waals surface area (Å²) >= 11 is 0. The van der Waals surface area contributed by atoms with Crippen molar-refractivity contribution in [2.24, 2.45) is 4.99 Å². The molecule has 2 fully saturated rings. The van der Waals surface area contributed by atoms with Crippen molar-refractivity contribution in [3.8, 4) is 0 Å². The second-order valence-electron chi connectivity index (χ2n) is 6.57. The number of pyridine rings is 1. The number of aliphatic imine (C=N–C) groups is 1. The van der Waals surface area contributed by atoms with Gasteiger partial charge in [-0.05, 0) is 31.9 Å². The molecule has 0 amide bonds. The SMILES string of the molecule is CCNC(=NCCS(=O)(=O)N1CCN(c2ccccn2)CC1)NC1CC1. The summed E-state index contributed by atoms with van der Waals surface area (Å²) < 4.78 is 26.7. The normalized spacial score (nSPS) is 19.4. The summed E-state index contributed by atoms with van der Waals surface area (Å²) in [4.78, 5) is 10.9. The first-order chi connectivity index (χ1) is 12.6. The standard InChI is InChI=1S/C17H28N6O2S/c1-2-18-17(21-15-6-7-15)20-9-14-26(24,25)23-12-10-22(11-13-23)16-5-3-4-8-19-16/h3-5,8,15H,2,6-7,9-14H2,1H3,(H2,18,20,21). The Hall–Kier alpha value is -1.87. The van der Waals surface area contributed by atoms with Gasteiger partial charge in [0, 0.05) is 45.0 Å². The number of sulfonamides is 1. The Kier molecular flexibility index (Phi) is 6.31. The number of rotatable bonds is 7. The van der Waals surface area contributed by atoms with E-state index in [0.29, 0.717) is 38.2 Å². The molecular formula is C17H28N6O2S. The minimum Gasteiger partial charge on any atom is -0.357 e. The van der Waals surface area contributed by atoms with E-state index in [0.717, 1.165) is 25.2 Å². The Balaban J connectivity index is 1.49. The van der Waals surface area contributed by atoms with Crippen LogP contribution in [0.2, 0.25) is 0 Å². The molecule has 144 valence electrons. The molecule has 0 aromatic carbocycles. The van der Waals surface area contributed by atoms with Crippen LogP contribution in [-0.4, -0.2) is 74.7 Å².